The molecule has 0 aliphatic carbocycles. The van der Waals surface area contributed by atoms with Crippen LogP contribution in [0.2, 0.25) is 0 Å². The molecule has 0 atom stereocenters. The van der Waals surface area contributed by atoms with E-state index >= 15 is 0 Å². The lowest BCUT2D eigenvalue weighted by molar-refractivity contribution is -0.190. The molecule has 2 nitrogen and oxygen atoms in total. The van der Waals surface area contributed by atoms with Crippen LogP contribution in [0.15, 0.2) is 0 Å². The van der Waals surface area contributed by atoms with Crippen LogP contribution in [0.1, 0.15) is 34.1 Å². The molecule has 0 aromatic heterocycles. The second-order valence-corrected chi connectivity index (χ2v) is 4.03. The summed E-state index contributed by atoms with van der Waals surface area (Å²) in [6.07, 6.45) is 0.927. The lowest BCUT2D eigenvalue weighted by Crippen LogP contribution is -2.41. The maximum Gasteiger partial charge on any atom is 0.210 e. The van der Waals surface area contributed by atoms with Gasteiger partial charge in [0.2, 0.25) is 6.79 Å². The number of hydrogen-bond acceptors (Lipinski definition) is 2. The van der Waals surface area contributed by atoms with Gasteiger partial charge in [0.1, 0.15) is 0 Å². The predicted molar refractivity (Wildman–Crippen MR) is 39.2 cm³/mol. The van der Waals surface area contributed by atoms with Crippen LogP contribution in [0.4, 0.5) is 0 Å². The first-order valence-electron chi connectivity index (χ1n) is 3.59. The molecule has 1 aliphatic rings. The molecule has 0 unspecified atom stereocenters. The van der Waals surface area contributed by atoms with Crippen molar-refractivity contribution in [1.29, 1.82) is 0 Å². The topological polar surface area (TPSA) is 18.5 Å². The van der Waals surface area contributed by atoms with Gasteiger partial charge >= 0.3 is 0 Å². The van der Waals surface area contributed by atoms with Crippen molar-refractivity contribution < 1.29 is 9.47 Å². The summed E-state index contributed by atoms with van der Waals surface area (Å²) < 4.78 is 10.5. The molecule has 0 amide bonds. The van der Waals surface area contributed by atoms with Crippen LogP contribution in [0.25, 0.3) is 0 Å². The van der Waals surface area contributed by atoms with Crippen LogP contribution in [-0.4, -0.2) is 11.2 Å². The van der Waals surface area contributed by atoms with Crippen molar-refractivity contribution in [3.63, 3.8) is 0 Å². The Balaban J connectivity index is 2.56. The molecule has 0 aromatic rings. The van der Waals surface area contributed by atoms with Gasteiger partial charge in [-0.15, -0.1) is 0 Å². The molecule has 1 rings (SSSR count). The van der Waals surface area contributed by atoms with Gasteiger partial charge in [-0.05, 0) is 27.7 Å². The van der Waals surface area contributed by atoms with E-state index in [2.05, 4.69) is 27.7 Å². The SMILES string of the molecule is CC1(C)CC(C)(C)O[CH]O1. The second kappa shape index (κ2) is 2.21. The molecule has 10 heavy (non-hydrogen) atoms. The first kappa shape index (κ1) is 8.02. The van der Waals surface area contributed by atoms with E-state index in [9.17, 15) is 0 Å². The molecule has 59 valence electrons. The largest absolute Gasteiger partial charge is 0.342 e. The quantitative estimate of drug-likeness (QED) is 0.517. The summed E-state index contributed by atoms with van der Waals surface area (Å²) in [5, 5.41) is 0. The molecule has 1 saturated heterocycles. The van der Waals surface area contributed by atoms with Crippen LogP contribution < -0.4 is 0 Å². The zero-order valence-electron chi connectivity index (χ0n) is 7.10. The van der Waals surface area contributed by atoms with Crippen LogP contribution >= 0.6 is 0 Å². The molecule has 1 radical (unpaired) electrons. The first-order valence-corrected chi connectivity index (χ1v) is 3.59. The van der Waals surface area contributed by atoms with Crippen LogP contribution in [0, 0.1) is 6.79 Å². The summed E-state index contributed by atoms with van der Waals surface area (Å²) in [5.41, 5.74) is -0.135. The van der Waals surface area contributed by atoms with Crippen molar-refractivity contribution in [3.8, 4) is 0 Å². The minimum Gasteiger partial charge on any atom is -0.342 e. The van der Waals surface area contributed by atoms with E-state index in [4.69, 9.17) is 9.47 Å². The Morgan fingerprint density at radius 3 is 1.60 bits per heavy atom. The van der Waals surface area contributed by atoms with Gasteiger partial charge in [-0.3, -0.25) is 0 Å². The van der Waals surface area contributed by atoms with Gasteiger partial charge in [0.25, 0.3) is 0 Å². The van der Waals surface area contributed by atoms with E-state index in [-0.39, 0.29) is 11.2 Å². The molecular weight excluding hydrogens is 128 g/mol. The van der Waals surface area contributed by atoms with Crippen molar-refractivity contribution >= 4 is 0 Å². The third kappa shape index (κ3) is 1.96. The molecular formula is C8H15O2. The molecule has 1 aliphatic heterocycles. The third-order valence-corrected chi connectivity index (χ3v) is 1.59. The van der Waals surface area contributed by atoms with Crippen molar-refractivity contribution in [2.24, 2.45) is 0 Å². The van der Waals surface area contributed by atoms with Crippen molar-refractivity contribution in [2.45, 2.75) is 45.3 Å². The molecule has 0 N–H and O–H groups in total. The highest BCUT2D eigenvalue weighted by Gasteiger charge is 2.35. The Morgan fingerprint density at radius 2 is 1.40 bits per heavy atom. The minimum atomic E-state index is -0.0677. The lowest BCUT2D eigenvalue weighted by Gasteiger charge is -2.39. The Bertz CT molecular complexity index is 113. The van der Waals surface area contributed by atoms with E-state index in [0.717, 1.165) is 6.42 Å². The molecule has 2 heteroatoms. The van der Waals surface area contributed by atoms with E-state index < -0.39 is 0 Å². The highest BCUT2D eigenvalue weighted by atomic mass is 16.7. The second-order valence-electron chi connectivity index (χ2n) is 4.03. The molecule has 1 fully saturated rings. The zero-order chi connectivity index (χ0) is 7.83. The van der Waals surface area contributed by atoms with Gasteiger partial charge in [0.15, 0.2) is 0 Å². The highest BCUT2D eigenvalue weighted by Crippen LogP contribution is 2.32. The lowest BCUT2D eigenvalue weighted by atomic mass is 9.91. The van der Waals surface area contributed by atoms with Crippen molar-refractivity contribution in [2.75, 3.05) is 0 Å². The van der Waals surface area contributed by atoms with E-state index in [1.807, 2.05) is 0 Å². The Kier molecular flexibility index (Phi) is 1.77. The Labute approximate surface area is 62.5 Å². The number of hydrogen-bond donors (Lipinski definition) is 0. The van der Waals surface area contributed by atoms with E-state index in [0.29, 0.717) is 0 Å². The van der Waals surface area contributed by atoms with Gasteiger partial charge in [-0.25, -0.2) is 0 Å². The van der Waals surface area contributed by atoms with Crippen molar-refractivity contribution in [1.82, 2.24) is 0 Å². The zero-order valence-corrected chi connectivity index (χ0v) is 7.10. The van der Waals surface area contributed by atoms with Gasteiger partial charge in [-0.1, -0.05) is 0 Å². The smallest absolute Gasteiger partial charge is 0.210 e. The summed E-state index contributed by atoms with van der Waals surface area (Å²) in [6, 6.07) is 0. The predicted octanol–water partition coefficient (Wildman–Crippen LogP) is 2.10. The summed E-state index contributed by atoms with van der Waals surface area (Å²) in [5.74, 6) is 0. The maximum atomic E-state index is 5.25. The van der Waals surface area contributed by atoms with Crippen LogP contribution in [0.3, 0.4) is 0 Å². The summed E-state index contributed by atoms with van der Waals surface area (Å²) in [6.45, 7) is 9.70. The number of rotatable bonds is 0. The number of ether oxygens (including phenoxy) is 2. The monoisotopic (exact) mass is 143 g/mol. The Morgan fingerprint density at radius 1 is 1.00 bits per heavy atom. The standard InChI is InChI=1S/C8H15O2/c1-7(2)5-8(3,4)10-6-9-7/h6H,5H2,1-4H3. The maximum absolute atomic E-state index is 5.25. The third-order valence-electron chi connectivity index (χ3n) is 1.59. The Hall–Kier alpha value is -0.0800. The van der Waals surface area contributed by atoms with Gasteiger partial charge < -0.3 is 9.47 Å². The summed E-state index contributed by atoms with van der Waals surface area (Å²) in [4.78, 5) is 0. The minimum absolute atomic E-state index is 0.0677. The van der Waals surface area contributed by atoms with Crippen molar-refractivity contribution in [3.05, 3.63) is 6.79 Å². The van der Waals surface area contributed by atoms with Crippen LogP contribution in [-0.2, 0) is 9.47 Å². The molecule has 0 saturated carbocycles. The summed E-state index contributed by atoms with van der Waals surface area (Å²) in [7, 11) is 0. The fourth-order valence-electron chi connectivity index (χ4n) is 1.39. The van der Waals surface area contributed by atoms with E-state index in [1.165, 1.54) is 6.79 Å². The highest BCUT2D eigenvalue weighted by molar-refractivity contribution is 4.85. The van der Waals surface area contributed by atoms with Gasteiger partial charge in [0.05, 0.1) is 11.2 Å². The molecule has 0 spiro atoms. The first-order chi connectivity index (χ1) is 4.41. The summed E-state index contributed by atoms with van der Waals surface area (Å²) >= 11 is 0. The average molecular weight is 143 g/mol. The van der Waals surface area contributed by atoms with E-state index in [1.54, 1.807) is 0 Å². The van der Waals surface area contributed by atoms with Crippen LogP contribution in [0.5, 0.6) is 0 Å². The fourth-order valence-corrected chi connectivity index (χ4v) is 1.39. The average Bonchev–Trinajstić information content (AvgIpc) is 1.56. The van der Waals surface area contributed by atoms with Gasteiger partial charge in [-0.2, -0.15) is 0 Å². The molecule has 0 bridgehead atoms. The molecule has 0 aromatic carbocycles. The molecule has 1 heterocycles. The fraction of sp³-hybridized carbons (Fsp3) is 0.875. The van der Waals surface area contributed by atoms with Gasteiger partial charge in [0, 0.05) is 6.42 Å². The normalized spacial score (nSPS) is 30.0.